The molecule has 3 aromatic heterocycles. The van der Waals surface area contributed by atoms with E-state index in [1.807, 2.05) is 54.4 Å². The normalized spacial score (nSPS) is 19.1. The van der Waals surface area contributed by atoms with Gasteiger partial charge in [0.05, 0.1) is 18.8 Å². The number of rotatable bonds is 6. The van der Waals surface area contributed by atoms with E-state index >= 15 is 0 Å². The largest absolute Gasteiger partial charge is 0.368 e. The van der Waals surface area contributed by atoms with Crippen molar-refractivity contribution in [2.45, 2.75) is 18.4 Å². The monoisotopic (exact) mass is 504 g/mol. The van der Waals surface area contributed by atoms with Gasteiger partial charge in [0.15, 0.2) is 5.82 Å². The van der Waals surface area contributed by atoms with Gasteiger partial charge >= 0.3 is 0 Å². The lowest BCUT2D eigenvalue weighted by Crippen LogP contribution is -2.60. The molecule has 0 aliphatic carbocycles. The van der Waals surface area contributed by atoms with Crippen LogP contribution >= 0.6 is 0 Å². The molecule has 190 valence electrons. The average molecular weight is 505 g/mol. The lowest BCUT2D eigenvalue weighted by atomic mass is 10.1. The maximum Gasteiger partial charge on any atom is 0.272 e. The van der Waals surface area contributed by atoms with Crippen LogP contribution in [0.25, 0.3) is 22.6 Å². The van der Waals surface area contributed by atoms with Gasteiger partial charge in [-0.15, -0.1) is 5.10 Å². The fourth-order valence-electron chi connectivity index (χ4n) is 4.76. The number of halogens is 2. The first-order valence-corrected chi connectivity index (χ1v) is 12.0. The molecule has 37 heavy (non-hydrogen) atoms. The van der Waals surface area contributed by atoms with Crippen LogP contribution in [-0.4, -0.2) is 72.8 Å². The van der Waals surface area contributed by atoms with E-state index in [1.165, 1.54) is 0 Å². The van der Waals surface area contributed by atoms with Crippen LogP contribution in [0.1, 0.15) is 6.42 Å². The smallest absolute Gasteiger partial charge is 0.272 e. The molecule has 2 fully saturated rings. The number of nitrogens with one attached hydrogen (secondary N) is 1. The molecular weight excluding hydrogens is 478 g/mol. The van der Waals surface area contributed by atoms with Crippen LogP contribution < -0.4 is 16.0 Å². The van der Waals surface area contributed by atoms with Crippen LogP contribution in [0.5, 0.6) is 0 Å². The summed E-state index contributed by atoms with van der Waals surface area (Å²) in [4.78, 5) is 21.4. The van der Waals surface area contributed by atoms with Crippen LogP contribution in [0.4, 0.5) is 32.2 Å². The second kappa shape index (κ2) is 9.04. The van der Waals surface area contributed by atoms with E-state index < -0.39 is 5.92 Å². The van der Waals surface area contributed by atoms with Gasteiger partial charge in [0, 0.05) is 55.4 Å². The van der Waals surface area contributed by atoms with E-state index in [4.69, 9.17) is 5.73 Å². The molecule has 4 aromatic rings. The standard InChI is InChI=1S/C25H26F2N10/c1-35-24(31-18-5-2-16(3-6-18)20-8-10-29-23(28)32-20)33-22(34-35)17-4-7-21(30-12-17)36-11-9-19(13-36)37-14-25(26,27)15-37/h2-8,10,12,19H,9,11,13-15H2,1H3,(H2,28,29,32)(H,31,33,34). The molecule has 12 heteroatoms. The Labute approximate surface area is 212 Å². The summed E-state index contributed by atoms with van der Waals surface area (Å²) in [6, 6.07) is 13.6. The molecule has 2 aliphatic heterocycles. The van der Waals surface area contributed by atoms with E-state index in [1.54, 1.807) is 17.1 Å². The summed E-state index contributed by atoms with van der Waals surface area (Å²) in [7, 11) is 1.82. The Balaban J connectivity index is 1.10. The highest BCUT2D eigenvalue weighted by Crippen LogP contribution is 2.32. The van der Waals surface area contributed by atoms with Crippen molar-refractivity contribution in [3.8, 4) is 22.6 Å². The van der Waals surface area contributed by atoms with Crippen LogP contribution in [0, 0.1) is 0 Å². The van der Waals surface area contributed by atoms with Gasteiger partial charge in [-0.05, 0) is 36.8 Å². The molecule has 1 unspecified atom stereocenters. The lowest BCUT2D eigenvalue weighted by molar-refractivity contribution is -0.143. The van der Waals surface area contributed by atoms with E-state index in [0.717, 1.165) is 41.3 Å². The van der Waals surface area contributed by atoms with Gasteiger partial charge < -0.3 is 16.0 Å². The van der Waals surface area contributed by atoms with Gasteiger partial charge in [0.25, 0.3) is 5.92 Å². The summed E-state index contributed by atoms with van der Waals surface area (Å²) in [6.45, 7) is 1.24. The van der Waals surface area contributed by atoms with Gasteiger partial charge in [-0.1, -0.05) is 12.1 Å². The molecule has 0 bridgehead atoms. The van der Waals surface area contributed by atoms with E-state index in [9.17, 15) is 8.78 Å². The van der Waals surface area contributed by atoms with Crippen molar-refractivity contribution in [1.29, 1.82) is 0 Å². The molecule has 6 rings (SSSR count). The fourth-order valence-corrected chi connectivity index (χ4v) is 4.76. The summed E-state index contributed by atoms with van der Waals surface area (Å²) in [5, 5.41) is 7.81. The highest BCUT2D eigenvalue weighted by molar-refractivity contribution is 5.66. The zero-order valence-electron chi connectivity index (χ0n) is 20.2. The molecule has 2 saturated heterocycles. The van der Waals surface area contributed by atoms with Gasteiger partial charge in [-0.2, -0.15) is 4.98 Å². The fraction of sp³-hybridized carbons (Fsp3) is 0.320. The molecule has 2 aliphatic rings. The Morgan fingerprint density at radius 1 is 1.00 bits per heavy atom. The number of aromatic nitrogens is 6. The molecule has 10 nitrogen and oxygen atoms in total. The zero-order valence-corrected chi connectivity index (χ0v) is 20.2. The number of hydrogen-bond donors (Lipinski definition) is 2. The quantitative estimate of drug-likeness (QED) is 0.409. The van der Waals surface area contributed by atoms with E-state index in [0.29, 0.717) is 18.3 Å². The first-order chi connectivity index (χ1) is 17.8. The zero-order chi connectivity index (χ0) is 25.6. The number of nitrogens with zero attached hydrogens (tertiary/aromatic N) is 8. The minimum atomic E-state index is -2.53. The number of hydrogen-bond acceptors (Lipinski definition) is 9. The maximum atomic E-state index is 13.2. The molecule has 0 radical (unpaired) electrons. The molecule has 5 heterocycles. The van der Waals surface area contributed by atoms with Crippen molar-refractivity contribution in [3.05, 3.63) is 54.9 Å². The Kier molecular flexibility index (Phi) is 5.67. The Morgan fingerprint density at radius 2 is 1.78 bits per heavy atom. The van der Waals surface area contributed by atoms with E-state index in [2.05, 4.69) is 35.3 Å². The lowest BCUT2D eigenvalue weighted by Gasteiger charge is -2.42. The maximum absolute atomic E-state index is 13.2. The number of anilines is 4. The summed E-state index contributed by atoms with van der Waals surface area (Å²) < 4.78 is 28.1. The molecule has 3 N–H and O–H groups in total. The third-order valence-electron chi connectivity index (χ3n) is 6.75. The van der Waals surface area contributed by atoms with Gasteiger partial charge in [-0.25, -0.2) is 28.4 Å². The van der Waals surface area contributed by atoms with Crippen molar-refractivity contribution in [3.63, 3.8) is 0 Å². The van der Waals surface area contributed by atoms with Crippen molar-refractivity contribution < 1.29 is 8.78 Å². The topological polar surface area (TPSA) is 114 Å². The molecule has 1 aromatic carbocycles. The third-order valence-corrected chi connectivity index (χ3v) is 6.75. The van der Waals surface area contributed by atoms with Crippen LogP contribution in [0.2, 0.25) is 0 Å². The van der Waals surface area contributed by atoms with Crippen LogP contribution in [0.15, 0.2) is 54.9 Å². The Hall–Kier alpha value is -4.19. The SMILES string of the molecule is Cn1nc(-c2ccc(N3CCC(N4CC(F)(F)C4)C3)nc2)nc1Nc1ccc(-c2ccnc(N)n2)cc1. The van der Waals surface area contributed by atoms with Crippen LogP contribution in [0.3, 0.4) is 0 Å². The van der Waals surface area contributed by atoms with Gasteiger partial charge in [0.2, 0.25) is 11.9 Å². The number of nitrogens with two attached hydrogens (primary N) is 1. The number of nitrogen functional groups attached to an aromatic ring is 1. The molecule has 0 spiro atoms. The third kappa shape index (κ3) is 4.79. The summed E-state index contributed by atoms with van der Waals surface area (Å²) in [5.74, 6) is -0.325. The summed E-state index contributed by atoms with van der Waals surface area (Å²) in [5.41, 5.74) is 9.01. The summed E-state index contributed by atoms with van der Waals surface area (Å²) in [6.07, 6.45) is 4.25. The number of alkyl halides is 2. The number of benzene rings is 1. The van der Waals surface area contributed by atoms with Gasteiger partial charge in [0.1, 0.15) is 5.82 Å². The predicted octanol–water partition coefficient (Wildman–Crippen LogP) is 3.19. The molecule has 0 amide bonds. The Bertz CT molecular complexity index is 1400. The average Bonchev–Trinajstić information content (AvgIpc) is 3.50. The van der Waals surface area contributed by atoms with Crippen LogP contribution in [-0.2, 0) is 7.05 Å². The number of aryl methyl sites for hydroxylation is 1. The van der Waals surface area contributed by atoms with Crippen molar-refractivity contribution in [2.24, 2.45) is 7.05 Å². The molecular formula is C25H26F2N10. The second-order valence-electron chi connectivity index (χ2n) is 9.44. The summed E-state index contributed by atoms with van der Waals surface area (Å²) >= 11 is 0. The van der Waals surface area contributed by atoms with Crippen molar-refractivity contribution in [2.75, 3.05) is 42.1 Å². The highest BCUT2D eigenvalue weighted by Gasteiger charge is 2.47. The van der Waals surface area contributed by atoms with Crippen molar-refractivity contribution >= 4 is 23.4 Å². The van der Waals surface area contributed by atoms with Gasteiger partial charge in [-0.3, -0.25) is 4.90 Å². The second-order valence-corrected chi connectivity index (χ2v) is 9.44. The van der Waals surface area contributed by atoms with E-state index in [-0.39, 0.29) is 25.1 Å². The first kappa shape index (κ1) is 23.2. The molecule has 0 saturated carbocycles. The highest BCUT2D eigenvalue weighted by atomic mass is 19.3. The number of likely N-dealkylation sites (tertiary alicyclic amines) is 1. The Morgan fingerprint density at radius 3 is 2.49 bits per heavy atom. The number of pyridine rings is 1. The minimum absolute atomic E-state index is 0.138. The molecule has 1 atom stereocenters. The first-order valence-electron chi connectivity index (χ1n) is 12.0. The minimum Gasteiger partial charge on any atom is -0.368 e. The predicted molar refractivity (Wildman–Crippen MR) is 137 cm³/mol. The van der Waals surface area contributed by atoms with Crippen molar-refractivity contribution in [1.82, 2.24) is 34.6 Å².